The number of imidazole rings is 1. The number of amides is 3. The Bertz CT molecular complexity index is 912. The molecule has 0 aliphatic carbocycles. The quantitative estimate of drug-likeness (QED) is 0.862. The second-order valence-electron chi connectivity index (χ2n) is 7.84. The van der Waals surface area contributed by atoms with Crippen molar-refractivity contribution in [3.8, 4) is 0 Å². The molecule has 1 aromatic heterocycles. The molecule has 28 heavy (non-hydrogen) atoms. The van der Waals surface area contributed by atoms with E-state index in [-0.39, 0.29) is 35.6 Å². The highest BCUT2D eigenvalue weighted by atomic mass is 19.1. The molecule has 3 amide bonds. The van der Waals surface area contributed by atoms with Crippen molar-refractivity contribution in [2.75, 3.05) is 33.7 Å². The number of nitrogens with zero attached hydrogens (tertiary/aromatic N) is 4. The molecule has 0 saturated carbocycles. The molecule has 1 N–H and O–H groups in total. The third-order valence-electron chi connectivity index (χ3n) is 5.80. The predicted octanol–water partition coefficient (Wildman–Crippen LogP) is 2.28. The average molecular weight is 385 g/mol. The molecular weight excluding hydrogens is 361 g/mol. The Morgan fingerprint density at radius 1 is 1.25 bits per heavy atom. The van der Waals surface area contributed by atoms with Gasteiger partial charge in [0, 0.05) is 51.3 Å². The van der Waals surface area contributed by atoms with Crippen molar-refractivity contribution in [1.82, 2.24) is 24.7 Å². The van der Waals surface area contributed by atoms with Crippen molar-refractivity contribution in [1.29, 1.82) is 0 Å². The van der Waals surface area contributed by atoms with Crippen molar-refractivity contribution >= 4 is 11.9 Å². The first-order valence-corrected chi connectivity index (χ1v) is 9.39. The monoisotopic (exact) mass is 385 g/mol. The SMILES string of the molecule is Cc1[nH]cnc1C(=O)N1C[C@@H]2CN(C(=O)N(C)C)[C@H](c3cccc(F)c3)[C@@H]2C1. The van der Waals surface area contributed by atoms with Gasteiger partial charge in [0.2, 0.25) is 0 Å². The lowest BCUT2D eigenvalue weighted by molar-refractivity contribution is 0.0760. The molecular formula is C20H24FN5O2. The molecule has 2 saturated heterocycles. The third-order valence-corrected chi connectivity index (χ3v) is 5.80. The molecule has 2 aliphatic heterocycles. The molecule has 4 rings (SSSR count). The topological polar surface area (TPSA) is 72.5 Å². The summed E-state index contributed by atoms with van der Waals surface area (Å²) in [5, 5.41) is 0. The normalized spacial score (nSPS) is 23.8. The van der Waals surface area contributed by atoms with Crippen LogP contribution in [0.5, 0.6) is 0 Å². The minimum atomic E-state index is -0.323. The predicted molar refractivity (Wildman–Crippen MR) is 101 cm³/mol. The molecule has 8 heteroatoms. The van der Waals surface area contributed by atoms with Gasteiger partial charge in [-0.25, -0.2) is 14.2 Å². The van der Waals surface area contributed by atoms with Gasteiger partial charge in [-0.1, -0.05) is 12.1 Å². The Labute approximate surface area is 163 Å². The Kier molecular flexibility index (Phi) is 4.56. The smallest absolute Gasteiger partial charge is 0.320 e. The first kappa shape index (κ1) is 18.5. The Morgan fingerprint density at radius 3 is 2.68 bits per heavy atom. The number of fused-ring (bicyclic) bond motifs is 1. The van der Waals surface area contributed by atoms with Crippen LogP contribution in [0.4, 0.5) is 9.18 Å². The van der Waals surface area contributed by atoms with Gasteiger partial charge in [-0.2, -0.15) is 0 Å². The molecule has 0 spiro atoms. The number of aromatic amines is 1. The molecule has 0 unspecified atom stereocenters. The summed E-state index contributed by atoms with van der Waals surface area (Å²) in [6, 6.07) is 6.07. The highest BCUT2D eigenvalue weighted by Crippen LogP contribution is 2.45. The fraction of sp³-hybridized carbons (Fsp3) is 0.450. The van der Waals surface area contributed by atoms with Crippen molar-refractivity contribution in [2.24, 2.45) is 11.8 Å². The first-order valence-electron chi connectivity index (χ1n) is 9.39. The number of rotatable bonds is 2. The van der Waals surface area contributed by atoms with Crippen LogP contribution in [0, 0.1) is 24.6 Å². The average Bonchev–Trinajstić information content (AvgIpc) is 3.33. The summed E-state index contributed by atoms with van der Waals surface area (Å²) in [5.41, 5.74) is 1.95. The summed E-state index contributed by atoms with van der Waals surface area (Å²) in [7, 11) is 3.44. The van der Waals surface area contributed by atoms with Crippen LogP contribution in [0.15, 0.2) is 30.6 Å². The number of halogens is 1. The van der Waals surface area contributed by atoms with Crippen LogP contribution in [0.25, 0.3) is 0 Å². The molecule has 2 fully saturated rings. The van der Waals surface area contributed by atoms with Gasteiger partial charge in [0.25, 0.3) is 5.91 Å². The van der Waals surface area contributed by atoms with Gasteiger partial charge < -0.3 is 19.7 Å². The molecule has 2 aliphatic rings. The van der Waals surface area contributed by atoms with E-state index in [1.165, 1.54) is 18.5 Å². The summed E-state index contributed by atoms with van der Waals surface area (Å²) >= 11 is 0. The van der Waals surface area contributed by atoms with Gasteiger partial charge in [-0.05, 0) is 24.6 Å². The van der Waals surface area contributed by atoms with E-state index < -0.39 is 0 Å². The molecule has 148 valence electrons. The van der Waals surface area contributed by atoms with Gasteiger partial charge in [0.1, 0.15) is 11.5 Å². The number of H-pyrrole nitrogens is 1. The van der Waals surface area contributed by atoms with Gasteiger partial charge >= 0.3 is 6.03 Å². The van der Waals surface area contributed by atoms with Gasteiger partial charge in [-0.3, -0.25) is 4.79 Å². The van der Waals surface area contributed by atoms with Crippen LogP contribution in [0.3, 0.4) is 0 Å². The van der Waals surface area contributed by atoms with E-state index in [1.54, 1.807) is 25.1 Å². The van der Waals surface area contributed by atoms with Crippen LogP contribution >= 0.6 is 0 Å². The fourth-order valence-electron chi connectivity index (χ4n) is 4.51. The molecule has 0 bridgehead atoms. The lowest BCUT2D eigenvalue weighted by atomic mass is 9.89. The zero-order chi connectivity index (χ0) is 20.0. The van der Waals surface area contributed by atoms with E-state index >= 15 is 0 Å². The largest absolute Gasteiger partial charge is 0.348 e. The number of likely N-dealkylation sites (tertiary alicyclic amines) is 2. The summed E-state index contributed by atoms with van der Waals surface area (Å²) in [5.74, 6) is -0.206. The van der Waals surface area contributed by atoms with E-state index in [0.29, 0.717) is 25.3 Å². The summed E-state index contributed by atoms with van der Waals surface area (Å²) in [6.07, 6.45) is 1.52. The first-order chi connectivity index (χ1) is 13.4. The molecule has 3 heterocycles. The van der Waals surface area contributed by atoms with E-state index in [2.05, 4.69) is 9.97 Å². The van der Waals surface area contributed by atoms with E-state index in [1.807, 2.05) is 22.8 Å². The number of nitrogens with one attached hydrogen (secondary N) is 1. The molecule has 2 aromatic rings. The second kappa shape index (κ2) is 6.92. The van der Waals surface area contributed by atoms with Gasteiger partial charge in [-0.15, -0.1) is 0 Å². The number of carbonyl (C=O) groups excluding carboxylic acids is 2. The minimum Gasteiger partial charge on any atom is -0.348 e. The maximum atomic E-state index is 13.9. The number of urea groups is 1. The Balaban J connectivity index is 1.63. The number of aryl methyl sites for hydroxylation is 1. The number of hydrogen-bond donors (Lipinski definition) is 1. The van der Waals surface area contributed by atoms with Gasteiger partial charge in [0.05, 0.1) is 12.4 Å². The summed E-state index contributed by atoms with van der Waals surface area (Å²) in [4.78, 5) is 37.9. The number of hydrogen-bond acceptors (Lipinski definition) is 3. The lowest BCUT2D eigenvalue weighted by Crippen LogP contribution is -2.42. The van der Waals surface area contributed by atoms with E-state index in [0.717, 1.165) is 11.3 Å². The molecule has 3 atom stereocenters. The maximum absolute atomic E-state index is 13.9. The third kappa shape index (κ3) is 3.02. The van der Waals surface area contributed by atoms with E-state index in [4.69, 9.17) is 0 Å². The molecule has 0 radical (unpaired) electrons. The summed E-state index contributed by atoms with van der Waals surface area (Å²) < 4.78 is 13.9. The van der Waals surface area contributed by atoms with Crippen LogP contribution < -0.4 is 0 Å². The van der Waals surface area contributed by atoms with Crippen LogP contribution in [0.2, 0.25) is 0 Å². The van der Waals surface area contributed by atoms with Gasteiger partial charge in [0.15, 0.2) is 0 Å². The molecule has 1 aromatic carbocycles. The van der Waals surface area contributed by atoms with E-state index in [9.17, 15) is 14.0 Å². The Morgan fingerprint density at radius 2 is 2.04 bits per heavy atom. The highest BCUT2D eigenvalue weighted by molar-refractivity contribution is 5.93. The van der Waals surface area contributed by atoms with Crippen LogP contribution in [-0.4, -0.2) is 70.3 Å². The van der Waals surface area contributed by atoms with Crippen LogP contribution in [-0.2, 0) is 0 Å². The van der Waals surface area contributed by atoms with Crippen molar-refractivity contribution < 1.29 is 14.0 Å². The zero-order valence-corrected chi connectivity index (χ0v) is 16.2. The standard InChI is InChI=1S/C20H24FN5O2/c1-12-17(23-11-22-12)19(27)25-8-14-9-26(20(28)24(2)3)18(16(14)10-25)13-5-4-6-15(21)7-13/h4-7,11,14,16,18H,8-10H2,1-3H3,(H,22,23)/t14-,16-,18-/m1/s1. The maximum Gasteiger partial charge on any atom is 0.320 e. The second-order valence-corrected chi connectivity index (χ2v) is 7.84. The Hall–Kier alpha value is -2.90. The van der Waals surface area contributed by atoms with Crippen molar-refractivity contribution in [2.45, 2.75) is 13.0 Å². The summed E-state index contributed by atoms with van der Waals surface area (Å²) in [6.45, 7) is 3.46. The fourth-order valence-corrected chi connectivity index (χ4v) is 4.51. The highest BCUT2D eigenvalue weighted by Gasteiger charge is 2.50. The number of benzene rings is 1. The number of aromatic nitrogens is 2. The lowest BCUT2D eigenvalue weighted by Gasteiger charge is -2.31. The van der Waals surface area contributed by atoms with Crippen molar-refractivity contribution in [3.05, 3.63) is 53.4 Å². The zero-order valence-electron chi connectivity index (χ0n) is 16.2. The molecule has 7 nitrogen and oxygen atoms in total. The minimum absolute atomic E-state index is 0.0638. The van der Waals surface area contributed by atoms with Crippen molar-refractivity contribution in [3.63, 3.8) is 0 Å². The van der Waals surface area contributed by atoms with Crippen LogP contribution in [0.1, 0.15) is 27.8 Å². The number of carbonyl (C=O) groups is 2.